The first kappa shape index (κ1) is 13.9. The lowest BCUT2D eigenvalue weighted by atomic mass is 10.2. The highest BCUT2D eigenvalue weighted by Gasteiger charge is 2.07. The lowest BCUT2D eigenvalue weighted by Crippen LogP contribution is -2.37. The Bertz CT molecular complexity index is 432. The Balaban J connectivity index is 2.98. The number of nitrogens with one attached hydrogen (secondary N) is 2. The molecular weight excluding hydrogens is 287 g/mol. The van der Waals surface area contributed by atoms with E-state index in [2.05, 4.69) is 31.7 Å². The standard InChI is InChI=1S/C11H16BrFN4/c1-6(2)15-11(17-14)16-10-5-9(13)8(12)4-7(10)3/h4-6H,14H2,1-3H3,(H2,15,16,17). The second-order valence-corrected chi connectivity index (χ2v) is 4.78. The van der Waals surface area contributed by atoms with Gasteiger partial charge < -0.3 is 5.32 Å². The first-order valence-electron chi connectivity index (χ1n) is 5.21. The summed E-state index contributed by atoms with van der Waals surface area (Å²) in [5, 5.41) is 2.95. The summed E-state index contributed by atoms with van der Waals surface area (Å²) in [4.78, 5) is 4.22. The summed E-state index contributed by atoms with van der Waals surface area (Å²) in [6, 6.07) is 3.18. The average Bonchev–Trinajstić information content (AvgIpc) is 2.24. The highest BCUT2D eigenvalue weighted by Crippen LogP contribution is 2.23. The molecule has 4 nitrogen and oxygen atoms in total. The van der Waals surface area contributed by atoms with Gasteiger partial charge in [-0.05, 0) is 54.4 Å². The quantitative estimate of drug-likeness (QED) is 0.340. The fourth-order valence-corrected chi connectivity index (χ4v) is 1.73. The van der Waals surface area contributed by atoms with E-state index in [9.17, 15) is 4.39 Å². The number of benzene rings is 1. The average molecular weight is 303 g/mol. The van der Waals surface area contributed by atoms with Crippen molar-refractivity contribution in [3.63, 3.8) is 0 Å². The van der Waals surface area contributed by atoms with Crippen molar-refractivity contribution < 1.29 is 4.39 Å². The van der Waals surface area contributed by atoms with Gasteiger partial charge in [0, 0.05) is 11.7 Å². The Morgan fingerprint density at radius 2 is 2.12 bits per heavy atom. The number of nitrogens with two attached hydrogens (primary N) is 1. The van der Waals surface area contributed by atoms with E-state index in [-0.39, 0.29) is 11.9 Å². The summed E-state index contributed by atoms with van der Waals surface area (Å²) >= 11 is 3.13. The molecule has 1 aromatic carbocycles. The van der Waals surface area contributed by atoms with Crippen LogP contribution >= 0.6 is 15.9 Å². The summed E-state index contributed by atoms with van der Waals surface area (Å²) in [5.74, 6) is 5.41. The zero-order valence-corrected chi connectivity index (χ0v) is 11.6. The number of aryl methyl sites for hydroxylation is 1. The predicted molar refractivity (Wildman–Crippen MR) is 72.4 cm³/mol. The van der Waals surface area contributed by atoms with Crippen LogP contribution in [0.4, 0.5) is 10.1 Å². The lowest BCUT2D eigenvalue weighted by molar-refractivity contribution is 0.621. The molecule has 0 aliphatic rings. The number of aliphatic imine (C=N–C) groups is 1. The molecule has 1 aromatic rings. The van der Waals surface area contributed by atoms with E-state index in [1.165, 1.54) is 6.07 Å². The third-order valence-corrected chi connectivity index (χ3v) is 2.65. The molecule has 0 bridgehead atoms. The van der Waals surface area contributed by atoms with E-state index in [4.69, 9.17) is 5.84 Å². The molecule has 4 N–H and O–H groups in total. The first-order chi connectivity index (χ1) is 7.93. The van der Waals surface area contributed by atoms with Crippen molar-refractivity contribution in [3.05, 3.63) is 28.0 Å². The molecule has 0 spiro atoms. The maximum atomic E-state index is 13.4. The van der Waals surface area contributed by atoms with Crippen molar-refractivity contribution in [2.75, 3.05) is 5.32 Å². The summed E-state index contributed by atoms with van der Waals surface area (Å²) in [7, 11) is 0. The summed E-state index contributed by atoms with van der Waals surface area (Å²) < 4.78 is 13.8. The monoisotopic (exact) mass is 302 g/mol. The van der Waals surface area contributed by atoms with Crippen LogP contribution in [-0.2, 0) is 0 Å². The van der Waals surface area contributed by atoms with Crippen LogP contribution in [0.5, 0.6) is 0 Å². The molecule has 0 saturated heterocycles. The molecule has 0 aromatic heterocycles. The van der Waals surface area contributed by atoms with Gasteiger partial charge in [0.05, 0.1) is 4.47 Å². The van der Waals surface area contributed by atoms with Gasteiger partial charge in [0.1, 0.15) is 5.82 Å². The fourth-order valence-electron chi connectivity index (χ4n) is 1.27. The number of nitrogens with zero attached hydrogens (tertiary/aromatic N) is 1. The van der Waals surface area contributed by atoms with E-state index in [0.29, 0.717) is 16.1 Å². The molecule has 17 heavy (non-hydrogen) atoms. The smallest absolute Gasteiger partial charge is 0.210 e. The molecule has 0 saturated carbocycles. The summed E-state index contributed by atoms with van der Waals surface area (Å²) in [6.07, 6.45) is 0. The van der Waals surface area contributed by atoms with E-state index in [0.717, 1.165) is 5.56 Å². The second-order valence-electron chi connectivity index (χ2n) is 3.92. The van der Waals surface area contributed by atoms with Crippen LogP contribution in [0.2, 0.25) is 0 Å². The van der Waals surface area contributed by atoms with Crippen molar-refractivity contribution in [2.24, 2.45) is 10.8 Å². The third kappa shape index (κ3) is 3.98. The van der Waals surface area contributed by atoms with Crippen LogP contribution in [0.15, 0.2) is 21.6 Å². The Kier molecular flexibility index (Phi) is 4.89. The molecule has 0 atom stereocenters. The molecule has 0 heterocycles. The van der Waals surface area contributed by atoms with E-state index in [1.54, 1.807) is 6.07 Å². The van der Waals surface area contributed by atoms with Crippen molar-refractivity contribution in [2.45, 2.75) is 26.8 Å². The van der Waals surface area contributed by atoms with Crippen LogP contribution in [0.1, 0.15) is 19.4 Å². The number of hydrogen-bond acceptors (Lipinski definition) is 2. The number of rotatable bonds is 2. The molecule has 0 aliphatic carbocycles. The van der Waals surface area contributed by atoms with Crippen LogP contribution in [0, 0.1) is 12.7 Å². The summed E-state index contributed by atoms with van der Waals surface area (Å²) in [5.41, 5.74) is 3.97. The Morgan fingerprint density at radius 1 is 1.47 bits per heavy atom. The molecule has 0 amide bonds. The molecule has 94 valence electrons. The first-order valence-corrected chi connectivity index (χ1v) is 6.00. The molecule has 6 heteroatoms. The SMILES string of the molecule is Cc1cc(Br)c(F)cc1NC(=NC(C)C)NN. The minimum absolute atomic E-state index is 0.0918. The van der Waals surface area contributed by atoms with Gasteiger partial charge in [-0.2, -0.15) is 0 Å². The highest BCUT2D eigenvalue weighted by atomic mass is 79.9. The van der Waals surface area contributed by atoms with Crippen molar-refractivity contribution in [1.29, 1.82) is 0 Å². The predicted octanol–water partition coefficient (Wildman–Crippen LogP) is 2.54. The van der Waals surface area contributed by atoms with E-state index < -0.39 is 0 Å². The maximum absolute atomic E-state index is 13.4. The van der Waals surface area contributed by atoms with Gasteiger partial charge >= 0.3 is 0 Å². The number of halogens is 2. The lowest BCUT2D eigenvalue weighted by Gasteiger charge is -2.13. The van der Waals surface area contributed by atoms with Crippen molar-refractivity contribution >= 4 is 27.6 Å². The largest absolute Gasteiger partial charge is 0.325 e. The van der Waals surface area contributed by atoms with Crippen LogP contribution in [-0.4, -0.2) is 12.0 Å². The van der Waals surface area contributed by atoms with Crippen molar-refractivity contribution in [3.8, 4) is 0 Å². The fraction of sp³-hybridized carbons (Fsp3) is 0.364. The third-order valence-electron chi connectivity index (χ3n) is 2.04. The van der Waals surface area contributed by atoms with E-state index >= 15 is 0 Å². The van der Waals surface area contributed by atoms with Crippen LogP contribution in [0.3, 0.4) is 0 Å². The maximum Gasteiger partial charge on any atom is 0.210 e. The van der Waals surface area contributed by atoms with Crippen LogP contribution in [0.25, 0.3) is 0 Å². The van der Waals surface area contributed by atoms with Gasteiger partial charge in [0.15, 0.2) is 0 Å². The van der Waals surface area contributed by atoms with Gasteiger partial charge in [0.25, 0.3) is 0 Å². The zero-order valence-electron chi connectivity index (χ0n) is 10.0. The minimum Gasteiger partial charge on any atom is -0.325 e. The second kappa shape index (κ2) is 5.97. The van der Waals surface area contributed by atoms with Gasteiger partial charge in [0.2, 0.25) is 5.96 Å². The van der Waals surface area contributed by atoms with Gasteiger partial charge in [-0.3, -0.25) is 5.43 Å². The van der Waals surface area contributed by atoms with Crippen LogP contribution < -0.4 is 16.6 Å². The minimum atomic E-state index is -0.334. The molecule has 0 unspecified atom stereocenters. The topological polar surface area (TPSA) is 62.4 Å². The van der Waals surface area contributed by atoms with E-state index in [1.807, 2.05) is 20.8 Å². The molecular formula is C11H16BrFN4. The van der Waals surface area contributed by atoms with Gasteiger partial charge in [-0.1, -0.05) is 0 Å². The Hall–Kier alpha value is -1.14. The van der Waals surface area contributed by atoms with Gasteiger partial charge in [-0.15, -0.1) is 0 Å². The zero-order chi connectivity index (χ0) is 13.0. The number of hydrogen-bond donors (Lipinski definition) is 3. The molecule has 0 aliphatic heterocycles. The molecule has 0 fully saturated rings. The molecule has 0 radical (unpaired) electrons. The Labute approximate surface area is 109 Å². The van der Waals surface area contributed by atoms with Crippen molar-refractivity contribution in [1.82, 2.24) is 5.43 Å². The summed E-state index contributed by atoms with van der Waals surface area (Å²) in [6.45, 7) is 5.72. The number of hydrazine groups is 1. The number of guanidine groups is 1. The number of anilines is 1. The van der Waals surface area contributed by atoms with Gasteiger partial charge in [-0.25, -0.2) is 15.2 Å². The Morgan fingerprint density at radius 3 is 2.65 bits per heavy atom. The normalized spacial score (nSPS) is 11.8. The molecule has 1 rings (SSSR count). The highest BCUT2D eigenvalue weighted by molar-refractivity contribution is 9.10.